The van der Waals surface area contributed by atoms with Crippen LogP contribution in [0.2, 0.25) is 0 Å². The second-order valence-corrected chi connectivity index (χ2v) is 5.30. The van der Waals surface area contributed by atoms with Gasteiger partial charge in [0.05, 0.1) is 17.3 Å². The lowest BCUT2D eigenvalue weighted by Gasteiger charge is -2.29. The molecule has 1 aromatic rings. The number of aliphatic carboxylic acids is 1. The van der Waals surface area contributed by atoms with Crippen LogP contribution in [0.4, 0.5) is 0 Å². The molecule has 0 aliphatic heterocycles. The van der Waals surface area contributed by atoms with E-state index in [2.05, 4.69) is 22.2 Å². The minimum absolute atomic E-state index is 0.153. The molecule has 0 saturated heterocycles. The Balaban J connectivity index is 1.89. The summed E-state index contributed by atoms with van der Waals surface area (Å²) in [6.45, 7) is 4.04. The molecule has 2 N–H and O–H groups in total. The fourth-order valence-corrected chi connectivity index (χ4v) is 2.78. The van der Waals surface area contributed by atoms with E-state index in [0.717, 1.165) is 37.1 Å². The molecule has 1 aliphatic rings. The molecule has 1 aliphatic carbocycles. The predicted octanol–water partition coefficient (Wildman–Crippen LogP) is 2.08. The fraction of sp³-hybridized carbons (Fsp3) is 0.643. The maximum absolute atomic E-state index is 10.9. The molecule has 1 heterocycles. The quantitative estimate of drug-likeness (QED) is 0.870. The van der Waals surface area contributed by atoms with E-state index in [4.69, 9.17) is 5.11 Å². The highest BCUT2D eigenvalue weighted by atomic mass is 16.4. The molecular weight excluding hydrogens is 242 g/mol. The summed E-state index contributed by atoms with van der Waals surface area (Å²) < 4.78 is 0. The number of aryl methyl sites for hydroxylation is 1. The lowest BCUT2D eigenvalue weighted by molar-refractivity contribution is -0.142. The third-order valence-electron chi connectivity index (χ3n) is 3.89. The van der Waals surface area contributed by atoms with Gasteiger partial charge in [0.25, 0.3) is 0 Å². The molecule has 1 atom stereocenters. The number of carboxylic acids is 1. The zero-order valence-corrected chi connectivity index (χ0v) is 11.5. The van der Waals surface area contributed by atoms with Crippen LogP contribution in [0.1, 0.15) is 50.0 Å². The molecule has 104 valence electrons. The van der Waals surface area contributed by atoms with Crippen LogP contribution in [-0.2, 0) is 4.79 Å². The van der Waals surface area contributed by atoms with Gasteiger partial charge in [-0.2, -0.15) is 0 Å². The number of rotatable bonds is 4. The lowest BCUT2D eigenvalue weighted by Crippen LogP contribution is -2.36. The fourth-order valence-electron chi connectivity index (χ4n) is 2.78. The zero-order chi connectivity index (χ0) is 13.8. The maximum Gasteiger partial charge on any atom is 0.306 e. The molecule has 5 heteroatoms. The first kappa shape index (κ1) is 13.9. The van der Waals surface area contributed by atoms with Crippen LogP contribution in [0, 0.1) is 12.8 Å². The smallest absolute Gasteiger partial charge is 0.306 e. The molecule has 0 bridgehead atoms. The summed E-state index contributed by atoms with van der Waals surface area (Å²) in [5, 5.41) is 12.5. The minimum Gasteiger partial charge on any atom is -0.481 e. The van der Waals surface area contributed by atoms with Crippen LogP contribution >= 0.6 is 0 Å². The first-order valence-electron chi connectivity index (χ1n) is 6.84. The van der Waals surface area contributed by atoms with Gasteiger partial charge in [0, 0.05) is 24.5 Å². The van der Waals surface area contributed by atoms with Crippen molar-refractivity contribution in [1.29, 1.82) is 0 Å². The molecule has 0 amide bonds. The van der Waals surface area contributed by atoms with Crippen molar-refractivity contribution in [2.75, 3.05) is 0 Å². The monoisotopic (exact) mass is 263 g/mol. The normalized spacial score (nSPS) is 24.9. The van der Waals surface area contributed by atoms with Gasteiger partial charge < -0.3 is 10.4 Å². The Morgan fingerprint density at radius 2 is 1.95 bits per heavy atom. The molecule has 19 heavy (non-hydrogen) atoms. The molecule has 1 fully saturated rings. The minimum atomic E-state index is -0.656. The van der Waals surface area contributed by atoms with Crippen molar-refractivity contribution >= 4 is 5.97 Å². The maximum atomic E-state index is 10.9. The van der Waals surface area contributed by atoms with E-state index in [1.54, 1.807) is 12.4 Å². The van der Waals surface area contributed by atoms with Crippen molar-refractivity contribution in [3.63, 3.8) is 0 Å². The first-order chi connectivity index (χ1) is 9.08. The SMILES string of the molecule is Cc1nccnc1C(C)NC1CCC(C(=O)O)CC1. The number of hydrogen-bond acceptors (Lipinski definition) is 4. The van der Waals surface area contributed by atoms with Gasteiger partial charge in [-0.3, -0.25) is 14.8 Å². The van der Waals surface area contributed by atoms with Gasteiger partial charge in [-0.1, -0.05) is 0 Å². The lowest BCUT2D eigenvalue weighted by atomic mass is 9.86. The van der Waals surface area contributed by atoms with E-state index in [0.29, 0.717) is 6.04 Å². The van der Waals surface area contributed by atoms with Crippen LogP contribution in [-0.4, -0.2) is 27.1 Å². The van der Waals surface area contributed by atoms with Crippen LogP contribution < -0.4 is 5.32 Å². The Labute approximate surface area is 113 Å². The summed E-state index contributed by atoms with van der Waals surface area (Å²) >= 11 is 0. The molecule has 0 radical (unpaired) electrons. The Morgan fingerprint density at radius 1 is 1.32 bits per heavy atom. The topological polar surface area (TPSA) is 75.1 Å². The molecule has 5 nitrogen and oxygen atoms in total. The molecular formula is C14H21N3O2. The van der Waals surface area contributed by atoms with Gasteiger partial charge in [0.2, 0.25) is 0 Å². The van der Waals surface area contributed by atoms with Crippen molar-refractivity contribution in [2.24, 2.45) is 5.92 Å². The standard InChI is InChI=1S/C14H21N3O2/c1-9-13(16-8-7-15-9)10(2)17-12-5-3-11(4-6-12)14(18)19/h7-8,10-12,17H,3-6H2,1-2H3,(H,18,19). The Morgan fingerprint density at radius 3 is 2.53 bits per heavy atom. The van der Waals surface area contributed by atoms with Crippen LogP contribution in [0.25, 0.3) is 0 Å². The van der Waals surface area contributed by atoms with Gasteiger partial charge in [0.1, 0.15) is 0 Å². The highest BCUT2D eigenvalue weighted by Crippen LogP contribution is 2.26. The second-order valence-electron chi connectivity index (χ2n) is 5.30. The van der Waals surface area contributed by atoms with E-state index < -0.39 is 5.97 Å². The van der Waals surface area contributed by atoms with Crippen molar-refractivity contribution < 1.29 is 9.90 Å². The van der Waals surface area contributed by atoms with E-state index >= 15 is 0 Å². The largest absolute Gasteiger partial charge is 0.481 e. The van der Waals surface area contributed by atoms with Crippen LogP contribution in [0.3, 0.4) is 0 Å². The number of aromatic nitrogens is 2. The average molecular weight is 263 g/mol. The molecule has 1 aromatic heterocycles. The second kappa shape index (κ2) is 6.10. The first-order valence-corrected chi connectivity index (χ1v) is 6.84. The highest BCUT2D eigenvalue weighted by Gasteiger charge is 2.27. The van der Waals surface area contributed by atoms with E-state index in [1.807, 2.05) is 6.92 Å². The van der Waals surface area contributed by atoms with Crippen LogP contribution in [0.5, 0.6) is 0 Å². The number of carboxylic acid groups (broad SMARTS) is 1. The van der Waals surface area contributed by atoms with Gasteiger partial charge in [0.15, 0.2) is 0 Å². The zero-order valence-electron chi connectivity index (χ0n) is 11.5. The van der Waals surface area contributed by atoms with Gasteiger partial charge in [-0.25, -0.2) is 0 Å². The number of carbonyl (C=O) groups is 1. The van der Waals surface area contributed by atoms with E-state index in [9.17, 15) is 4.79 Å². The molecule has 1 unspecified atom stereocenters. The summed E-state index contributed by atoms with van der Waals surface area (Å²) in [5.74, 6) is -0.817. The number of hydrogen-bond donors (Lipinski definition) is 2. The summed E-state index contributed by atoms with van der Waals surface area (Å²) in [5.41, 5.74) is 1.92. The molecule has 1 saturated carbocycles. The van der Waals surface area contributed by atoms with Crippen molar-refractivity contribution in [1.82, 2.24) is 15.3 Å². The number of nitrogens with zero attached hydrogens (tertiary/aromatic N) is 2. The van der Waals surface area contributed by atoms with Crippen molar-refractivity contribution in [3.05, 3.63) is 23.8 Å². The Kier molecular flexibility index (Phi) is 4.47. The summed E-state index contributed by atoms with van der Waals surface area (Å²) in [6.07, 6.45) is 6.77. The third kappa shape index (κ3) is 3.50. The Bertz CT molecular complexity index is 442. The van der Waals surface area contributed by atoms with E-state index in [-0.39, 0.29) is 12.0 Å². The van der Waals surface area contributed by atoms with Crippen LogP contribution in [0.15, 0.2) is 12.4 Å². The summed E-state index contributed by atoms with van der Waals surface area (Å²) in [6, 6.07) is 0.534. The summed E-state index contributed by atoms with van der Waals surface area (Å²) in [4.78, 5) is 19.5. The predicted molar refractivity (Wildman–Crippen MR) is 71.7 cm³/mol. The molecule has 2 rings (SSSR count). The van der Waals surface area contributed by atoms with Crippen molar-refractivity contribution in [2.45, 2.75) is 51.6 Å². The third-order valence-corrected chi connectivity index (χ3v) is 3.89. The van der Waals surface area contributed by atoms with Gasteiger partial charge in [-0.15, -0.1) is 0 Å². The van der Waals surface area contributed by atoms with E-state index in [1.165, 1.54) is 0 Å². The number of nitrogens with one attached hydrogen (secondary N) is 1. The average Bonchev–Trinajstić information content (AvgIpc) is 2.39. The Hall–Kier alpha value is -1.49. The van der Waals surface area contributed by atoms with Gasteiger partial charge in [-0.05, 0) is 39.5 Å². The summed E-state index contributed by atoms with van der Waals surface area (Å²) in [7, 11) is 0. The molecule has 0 spiro atoms. The van der Waals surface area contributed by atoms with Gasteiger partial charge >= 0.3 is 5.97 Å². The highest BCUT2D eigenvalue weighted by molar-refractivity contribution is 5.70. The van der Waals surface area contributed by atoms with Crippen molar-refractivity contribution in [3.8, 4) is 0 Å². The molecule has 0 aromatic carbocycles.